The first kappa shape index (κ1) is 18.8. The molecule has 0 fully saturated rings. The Morgan fingerprint density at radius 2 is 1.57 bits per heavy atom. The Labute approximate surface area is 168 Å². The number of carbonyl (C=O) groups is 2. The fourth-order valence-electron chi connectivity index (χ4n) is 3.35. The van der Waals surface area contributed by atoms with Gasteiger partial charge in [-0.15, -0.1) is 10.2 Å². The van der Waals surface area contributed by atoms with Gasteiger partial charge in [-0.05, 0) is 19.1 Å². The molecule has 0 unspecified atom stereocenters. The molecule has 0 spiro atoms. The highest BCUT2D eigenvalue weighted by Crippen LogP contribution is 2.38. The molecule has 1 heterocycles. The predicted molar refractivity (Wildman–Crippen MR) is 104 cm³/mol. The highest BCUT2D eigenvalue weighted by molar-refractivity contribution is 6.30. The number of nitrogens with zero attached hydrogens (tertiary/aromatic N) is 3. The Bertz CT molecular complexity index is 1400. The third-order valence-electron chi connectivity index (χ3n) is 4.81. The van der Waals surface area contributed by atoms with Crippen LogP contribution in [0.1, 0.15) is 43.0 Å². The van der Waals surface area contributed by atoms with Crippen molar-refractivity contribution in [3.05, 3.63) is 80.1 Å². The van der Waals surface area contributed by atoms with Crippen molar-refractivity contribution in [2.75, 3.05) is 0 Å². The zero-order valence-corrected chi connectivity index (χ0v) is 15.4. The normalized spacial score (nSPS) is 12.5. The van der Waals surface area contributed by atoms with Crippen LogP contribution in [-0.2, 0) is 0 Å². The van der Waals surface area contributed by atoms with Gasteiger partial charge in [0.1, 0.15) is 23.1 Å². The molecular formula is C21H12N4O5. The van der Waals surface area contributed by atoms with Gasteiger partial charge in [-0.2, -0.15) is 5.26 Å². The molecule has 9 heteroatoms. The minimum atomic E-state index is -0.763. The van der Waals surface area contributed by atoms with Crippen LogP contribution in [0, 0.1) is 18.3 Å². The van der Waals surface area contributed by atoms with E-state index in [1.807, 2.05) is 0 Å². The maximum atomic E-state index is 13.0. The number of benzene rings is 2. The van der Waals surface area contributed by atoms with Gasteiger partial charge in [0, 0.05) is 16.7 Å². The van der Waals surface area contributed by atoms with Crippen molar-refractivity contribution in [3.63, 3.8) is 0 Å². The first-order valence-corrected chi connectivity index (χ1v) is 8.67. The Hall–Kier alpha value is -4.58. The molecule has 0 bridgehead atoms. The molecule has 146 valence electrons. The van der Waals surface area contributed by atoms with Gasteiger partial charge in [-0.3, -0.25) is 19.4 Å². The van der Waals surface area contributed by atoms with Crippen LogP contribution in [0.25, 0.3) is 0 Å². The van der Waals surface area contributed by atoms with Crippen LogP contribution in [-0.4, -0.2) is 26.8 Å². The van der Waals surface area contributed by atoms with E-state index in [0.29, 0.717) is 0 Å². The van der Waals surface area contributed by atoms with E-state index >= 15 is 0 Å². The zero-order chi connectivity index (χ0) is 21.6. The number of pyridine rings is 1. The second kappa shape index (κ2) is 6.79. The number of aromatic hydroxyl groups is 2. The van der Waals surface area contributed by atoms with Crippen molar-refractivity contribution in [1.29, 1.82) is 5.26 Å². The summed E-state index contributed by atoms with van der Waals surface area (Å²) in [4.78, 5) is 39.7. The molecule has 0 saturated carbocycles. The van der Waals surface area contributed by atoms with Gasteiger partial charge in [-0.25, -0.2) is 0 Å². The summed E-state index contributed by atoms with van der Waals surface area (Å²) in [5.74, 6) is -1.90. The number of phenols is 1. The second-order valence-electron chi connectivity index (χ2n) is 6.52. The van der Waals surface area contributed by atoms with Gasteiger partial charge in [0.2, 0.25) is 5.88 Å². The monoisotopic (exact) mass is 400 g/mol. The van der Waals surface area contributed by atoms with Crippen molar-refractivity contribution in [3.8, 4) is 17.7 Å². The van der Waals surface area contributed by atoms with Crippen molar-refractivity contribution in [2.24, 2.45) is 10.2 Å². The first-order valence-electron chi connectivity index (χ1n) is 8.67. The number of fused-ring (bicyclic) bond motifs is 2. The number of aromatic amines is 1. The summed E-state index contributed by atoms with van der Waals surface area (Å²) in [5.41, 5.74) is -0.920. The molecule has 2 aromatic carbocycles. The van der Waals surface area contributed by atoms with E-state index in [4.69, 9.17) is 5.26 Å². The van der Waals surface area contributed by atoms with E-state index in [-0.39, 0.29) is 50.5 Å². The number of azo groups is 1. The van der Waals surface area contributed by atoms with Crippen molar-refractivity contribution in [2.45, 2.75) is 6.92 Å². The SMILES string of the molecule is Cc1c(/N=N/c2cccc3c2C(=O)c2cccc(O)c2C3=O)c(O)[nH]c(=O)c1C#N. The largest absolute Gasteiger partial charge is 0.507 e. The fourth-order valence-corrected chi connectivity index (χ4v) is 3.35. The standard InChI is InChI=1S/C21H12N4O5/c1-9-12(8-22)20(29)23-21(30)17(9)25-24-13-6-2-4-10-15(13)18(27)11-5-3-7-14(26)16(11)19(10)28/h2-7,26H,1H3,(H2,23,29,30)/b25-24+. The number of H-pyrrole nitrogens is 1. The molecule has 0 radical (unpaired) electrons. The molecule has 30 heavy (non-hydrogen) atoms. The summed E-state index contributed by atoms with van der Waals surface area (Å²) in [5, 5.41) is 37.0. The zero-order valence-electron chi connectivity index (χ0n) is 15.4. The third kappa shape index (κ3) is 2.67. The smallest absolute Gasteiger partial charge is 0.269 e. The highest BCUT2D eigenvalue weighted by Gasteiger charge is 2.33. The molecule has 0 saturated heterocycles. The van der Waals surface area contributed by atoms with E-state index in [1.165, 1.54) is 43.3 Å². The van der Waals surface area contributed by atoms with E-state index in [2.05, 4.69) is 15.2 Å². The number of nitriles is 1. The minimum Gasteiger partial charge on any atom is -0.507 e. The van der Waals surface area contributed by atoms with Crippen molar-refractivity contribution < 1.29 is 19.8 Å². The molecule has 9 nitrogen and oxygen atoms in total. The van der Waals surface area contributed by atoms with E-state index in [1.54, 1.807) is 6.07 Å². The quantitative estimate of drug-likeness (QED) is 0.439. The van der Waals surface area contributed by atoms with Crippen LogP contribution in [0.15, 0.2) is 51.4 Å². The number of phenolic OH excluding ortho intramolecular Hbond substituents is 1. The molecule has 3 N–H and O–H groups in total. The number of hydrogen-bond donors (Lipinski definition) is 3. The van der Waals surface area contributed by atoms with E-state index in [0.717, 1.165) is 0 Å². The van der Waals surface area contributed by atoms with Crippen LogP contribution >= 0.6 is 0 Å². The third-order valence-corrected chi connectivity index (χ3v) is 4.81. The number of rotatable bonds is 2. The van der Waals surface area contributed by atoms with Gasteiger partial charge in [0.15, 0.2) is 11.6 Å². The van der Waals surface area contributed by atoms with E-state index in [9.17, 15) is 24.6 Å². The van der Waals surface area contributed by atoms with Gasteiger partial charge in [0.05, 0.1) is 16.8 Å². The van der Waals surface area contributed by atoms with Crippen LogP contribution in [0.3, 0.4) is 0 Å². The fraction of sp³-hybridized carbons (Fsp3) is 0.0476. The molecule has 1 aliphatic carbocycles. The lowest BCUT2D eigenvalue weighted by Crippen LogP contribution is -2.21. The second-order valence-corrected chi connectivity index (χ2v) is 6.52. The maximum Gasteiger partial charge on any atom is 0.269 e. The molecule has 0 aliphatic heterocycles. The topological polar surface area (TPSA) is 156 Å². The van der Waals surface area contributed by atoms with Crippen molar-refractivity contribution >= 4 is 22.9 Å². The molecule has 3 aromatic rings. The lowest BCUT2D eigenvalue weighted by atomic mass is 9.83. The number of hydrogen-bond acceptors (Lipinski definition) is 8. The van der Waals surface area contributed by atoms with Gasteiger partial charge < -0.3 is 10.2 Å². The molecule has 0 atom stereocenters. The van der Waals surface area contributed by atoms with E-state index < -0.39 is 23.0 Å². The summed E-state index contributed by atoms with van der Waals surface area (Å²) in [6.07, 6.45) is 0. The van der Waals surface area contributed by atoms with Gasteiger partial charge >= 0.3 is 0 Å². The Morgan fingerprint density at radius 3 is 2.27 bits per heavy atom. The Morgan fingerprint density at radius 1 is 0.933 bits per heavy atom. The predicted octanol–water partition coefficient (Wildman–Crippen LogP) is 3.16. The summed E-state index contributed by atoms with van der Waals surface area (Å²) in [7, 11) is 0. The summed E-state index contributed by atoms with van der Waals surface area (Å²) in [6, 6.07) is 10.4. The van der Waals surface area contributed by atoms with Crippen LogP contribution in [0.2, 0.25) is 0 Å². The van der Waals surface area contributed by atoms with Crippen molar-refractivity contribution in [1.82, 2.24) is 4.98 Å². The average molecular weight is 400 g/mol. The average Bonchev–Trinajstić information content (AvgIpc) is 2.71. The number of aromatic nitrogens is 1. The van der Waals surface area contributed by atoms with Gasteiger partial charge in [0.25, 0.3) is 5.56 Å². The minimum absolute atomic E-state index is 0.00595. The molecule has 1 aliphatic rings. The number of carbonyl (C=O) groups excluding carboxylic acids is 2. The lowest BCUT2D eigenvalue weighted by molar-refractivity contribution is 0.0977. The Balaban J connectivity index is 1.88. The molecule has 4 rings (SSSR count). The molecule has 0 amide bonds. The Kier molecular flexibility index (Phi) is 4.25. The molecular weight excluding hydrogens is 388 g/mol. The summed E-state index contributed by atoms with van der Waals surface area (Å²) >= 11 is 0. The number of ketones is 2. The number of nitrogens with one attached hydrogen (secondary N) is 1. The first-order chi connectivity index (χ1) is 14.3. The maximum absolute atomic E-state index is 13.0. The highest BCUT2D eigenvalue weighted by atomic mass is 16.3. The summed E-state index contributed by atoms with van der Waals surface area (Å²) < 4.78 is 0. The lowest BCUT2D eigenvalue weighted by Gasteiger charge is -2.19. The van der Waals surface area contributed by atoms with Gasteiger partial charge in [-0.1, -0.05) is 24.3 Å². The summed E-state index contributed by atoms with van der Waals surface area (Å²) in [6.45, 7) is 1.43. The van der Waals surface area contributed by atoms with Crippen LogP contribution in [0.4, 0.5) is 11.4 Å². The molecule has 1 aromatic heterocycles. The van der Waals surface area contributed by atoms with Crippen LogP contribution in [0.5, 0.6) is 11.6 Å². The van der Waals surface area contributed by atoms with Crippen LogP contribution < -0.4 is 5.56 Å².